The number of nitrogens with zero attached hydrogens (tertiary/aromatic N) is 1. The summed E-state index contributed by atoms with van der Waals surface area (Å²) in [6.07, 6.45) is 0.316. The maximum Gasteiger partial charge on any atom is 0.422 e. The Balaban J connectivity index is 1.76. The zero-order valence-electron chi connectivity index (χ0n) is 13.4. The van der Waals surface area contributed by atoms with E-state index in [1.807, 2.05) is 0 Å². The molecule has 0 aromatic rings. The first-order chi connectivity index (χ1) is 11.5. The Morgan fingerprint density at radius 2 is 2.16 bits per heavy atom. The summed E-state index contributed by atoms with van der Waals surface area (Å²) in [4.78, 5) is 14.1. The van der Waals surface area contributed by atoms with Crippen molar-refractivity contribution in [2.24, 2.45) is 16.7 Å². The molecule has 1 amide bonds. The second kappa shape index (κ2) is 5.59. The maximum atomic E-state index is 12.6. The Bertz CT molecular complexity index is 710. The van der Waals surface area contributed by atoms with Crippen molar-refractivity contribution in [2.45, 2.75) is 19.5 Å². The van der Waals surface area contributed by atoms with Crippen molar-refractivity contribution >= 4 is 28.9 Å². The molecule has 0 aromatic heterocycles. The minimum absolute atomic E-state index is 0.0456. The van der Waals surface area contributed by atoms with E-state index in [9.17, 15) is 18.0 Å². The van der Waals surface area contributed by atoms with Crippen LogP contribution in [0.15, 0.2) is 23.5 Å². The number of carbonyl (C=O) groups is 1. The Morgan fingerprint density at radius 1 is 1.52 bits per heavy atom. The molecular formula is C16H17ClF3N3O2. The number of carbonyl (C=O) groups excluding carboxylic acids is 1. The Kier molecular flexibility index (Phi) is 4.02. The summed E-state index contributed by atoms with van der Waals surface area (Å²) in [6.45, 7) is 0.476. The molecule has 9 heteroatoms. The molecule has 0 bridgehead atoms. The first-order valence-electron chi connectivity index (χ1n) is 7.70. The third-order valence-electron chi connectivity index (χ3n) is 5.02. The molecule has 2 aliphatic carbocycles. The summed E-state index contributed by atoms with van der Waals surface area (Å²) in [6, 6.07) is 0. The summed E-state index contributed by atoms with van der Waals surface area (Å²) < 4.78 is 42.3. The monoisotopic (exact) mass is 375 g/mol. The fraction of sp³-hybridized carbons (Fsp3) is 0.562. The molecule has 2 unspecified atom stereocenters. The highest BCUT2D eigenvalue weighted by Gasteiger charge is 2.60. The van der Waals surface area contributed by atoms with Crippen molar-refractivity contribution in [3.05, 3.63) is 23.5 Å². The van der Waals surface area contributed by atoms with Crippen molar-refractivity contribution in [3.8, 4) is 0 Å². The van der Waals surface area contributed by atoms with Gasteiger partial charge in [0.25, 0.3) is 0 Å². The van der Waals surface area contributed by atoms with E-state index in [0.717, 1.165) is 6.21 Å². The molecule has 136 valence electrons. The number of allylic oxidation sites excluding steroid dienone is 1. The van der Waals surface area contributed by atoms with Crippen molar-refractivity contribution in [3.63, 3.8) is 0 Å². The van der Waals surface area contributed by atoms with Crippen LogP contribution in [0.4, 0.5) is 13.2 Å². The van der Waals surface area contributed by atoms with E-state index >= 15 is 0 Å². The SMILES string of the molecule is CC1=C(OCC(F)(F)F)C(C=N)(CN2CC(C(=N)Cl)C3(C=C3)C2=O)C1. The third-order valence-corrected chi connectivity index (χ3v) is 5.28. The predicted molar refractivity (Wildman–Crippen MR) is 85.8 cm³/mol. The number of ether oxygens (including phenoxy) is 1. The number of amides is 1. The number of hydrogen-bond acceptors (Lipinski definition) is 4. The lowest BCUT2D eigenvalue weighted by molar-refractivity contribution is -0.170. The van der Waals surface area contributed by atoms with Gasteiger partial charge in [0, 0.05) is 19.3 Å². The Labute approximate surface area is 147 Å². The molecule has 2 N–H and O–H groups in total. The van der Waals surface area contributed by atoms with Crippen LogP contribution in [0.2, 0.25) is 0 Å². The van der Waals surface area contributed by atoms with Gasteiger partial charge in [-0.1, -0.05) is 23.8 Å². The number of halogens is 4. The van der Waals surface area contributed by atoms with Gasteiger partial charge in [-0.25, -0.2) is 0 Å². The van der Waals surface area contributed by atoms with Gasteiger partial charge < -0.3 is 15.0 Å². The Hall–Kier alpha value is -1.83. The molecule has 1 fully saturated rings. The van der Waals surface area contributed by atoms with Gasteiger partial charge in [-0.15, -0.1) is 0 Å². The van der Waals surface area contributed by atoms with Crippen LogP contribution < -0.4 is 0 Å². The molecule has 1 saturated heterocycles. The van der Waals surface area contributed by atoms with E-state index in [2.05, 4.69) is 0 Å². The standard InChI is InChI=1S/C16H17ClF3N3O2/c1-9-4-14(6-21,11(9)25-8-16(18,19)20)7-23-5-10(12(17)22)15(2-3-15)13(23)24/h2-3,6,10,21-22H,4-5,7-8H2,1H3. The molecule has 0 saturated carbocycles. The predicted octanol–water partition coefficient (Wildman–Crippen LogP) is 3.11. The van der Waals surface area contributed by atoms with Gasteiger partial charge in [-0.05, 0) is 18.9 Å². The van der Waals surface area contributed by atoms with Crippen LogP contribution >= 0.6 is 11.6 Å². The van der Waals surface area contributed by atoms with E-state index in [-0.39, 0.29) is 29.9 Å². The zero-order chi connectivity index (χ0) is 18.6. The summed E-state index contributed by atoms with van der Waals surface area (Å²) >= 11 is 5.80. The molecule has 0 radical (unpaired) electrons. The second-order valence-corrected chi connectivity index (χ2v) is 7.25. The van der Waals surface area contributed by atoms with Crippen LogP contribution in [-0.4, -0.2) is 48.1 Å². The lowest BCUT2D eigenvalue weighted by Crippen LogP contribution is -2.47. The minimum atomic E-state index is -4.47. The van der Waals surface area contributed by atoms with Crippen LogP contribution in [-0.2, 0) is 9.53 Å². The van der Waals surface area contributed by atoms with Gasteiger partial charge in [-0.3, -0.25) is 10.2 Å². The van der Waals surface area contributed by atoms with Crippen molar-refractivity contribution in [2.75, 3.05) is 19.7 Å². The molecule has 1 heterocycles. The van der Waals surface area contributed by atoms with Crippen LogP contribution in [0.3, 0.4) is 0 Å². The quantitative estimate of drug-likeness (QED) is 0.552. The fourth-order valence-electron chi connectivity index (χ4n) is 3.77. The van der Waals surface area contributed by atoms with Gasteiger partial charge >= 0.3 is 6.18 Å². The number of alkyl halides is 3. The highest BCUT2D eigenvalue weighted by molar-refractivity contribution is 6.65. The Morgan fingerprint density at radius 3 is 2.56 bits per heavy atom. The second-order valence-electron chi connectivity index (χ2n) is 6.84. The molecule has 0 aromatic carbocycles. The molecule has 2 atom stereocenters. The molecule has 25 heavy (non-hydrogen) atoms. The van der Waals surface area contributed by atoms with E-state index in [1.54, 1.807) is 19.1 Å². The third kappa shape index (κ3) is 2.86. The van der Waals surface area contributed by atoms with Crippen molar-refractivity contribution < 1.29 is 22.7 Å². The molecule has 1 aliphatic heterocycles. The van der Waals surface area contributed by atoms with Gasteiger partial charge in [0.1, 0.15) is 10.9 Å². The number of likely N-dealkylation sites (tertiary alicyclic amines) is 1. The van der Waals surface area contributed by atoms with Gasteiger partial charge in [0.15, 0.2) is 6.61 Å². The average molecular weight is 376 g/mol. The van der Waals surface area contributed by atoms with Gasteiger partial charge in [0.2, 0.25) is 5.91 Å². The summed E-state index contributed by atoms with van der Waals surface area (Å²) in [7, 11) is 0. The lowest BCUT2D eigenvalue weighted by Gasteiger charge is -2.43. The van der Waals surface area contributed by atoms with Crippen molar-refractivity contribution in [1.29, 1.82) is 10.8 Å². The van der Waals surface area contributed by atoms with E-state index in [0.29, 0.717) is 12.0 Å². The highest BCUT2D eigenvalue weighted by Crippen LogP contribution is 2.53. The minimum Gasteiger partial charge on any atom is -0.487 e. The molecule has 3 rings (SSSR count). The summed E-state index contributed by atoms with van der Waals surface area (Å²) in [5, 5.41) is 15.2. The molecular weight excluding hydrogens is 359 g/mol. The highest BCUT2D eigenvalue weighted by atomic mass is 35.5. The first-order valence-corrected chi connectivity index (χ1v) is 8.07. The van der Waals surface area contributed by atoms with Crippen LogP contribution in [0.1, 0.15) is 13.3 Å². The smallest absolute Gasteiger partial charge is 0.422 e. The first kappa shape index (κ1) is 18.0. The van der Waals surface area contributed by atoms with E-state index in [4.69, 9.17) is 27.2 Å². The average Bonchev–Trinajstić information content (AvgIpc) is 3.23. The maximum absolute atomic E-state index is 12.6. The van der Waals surface area contributed by atoms with Gasteiger partial charge in [0.05, 0.1) is 16.7 Å². The largest absolute Gasteiger partial charge is 0.487 e. The normalized spacial score (nSPS) is 29.9. The zero-order valence-corrected chi connectivity index (χ0v) is 14.2. The van der Waals surface area contributed by atoms with Crippen LogP contribution in [0.25, 0.3) is 0 Å². The molecule has 5 nitrogen and oxygen atoms in total. The van der Waals surface area contributed by atoms with E-state index in [1.165, 1.54) is 4.90 Å². The fourth-order valence-corrected chi connectivity index (χ4v) is 4.02. The topological polar surface area (TPSA) is 77.2 Å². The van der Waals surface area contributed by atoms with Crippen molar-refractivity contribution in [1.82, 2.24) is 4.90 Å². The van der Waals surface area contributed by atoms with Crippen LogP contribution in [0.5, 0.6) is 0 Å². The van der Waals surface area contributed by atoms with Crippen LogP contribution in [0, 0.1) is 27.6 Å². The lowest BCUT2D eigenvalue weighted by atomic mass is 9.69. The number of rotatable bonds is 6. The van der Waals surface area contributed by atoms with Gasteiger partial charge in [-0.2, -0.15) is 13.2 Å². The number of nitrogens with one attached hydrogen (secondary N) is 2. The molecule has 3 aliphatic rings. The molecule has 1 spiro atoms. The summed E-state index contributed by atoms with van der Waals surface area (Å²) in [5.41, 5.74) is -1.28. The van der Waals surface area contributed by atoms with E-state index < -0.39 is 29.5 Å². The summed E-state index contributed by atoms with van der Waals surface area (Å²) in [5.74, 6) is -0.604. The number of hydrogen-bond donors (Lipinski definition) is 2.